The molecule has 0 spiro atoms. The van der Waals surface area contributed by atoms with Crippen LogP contribution in [0.1, 0.15) is 27.2 Å². The van der Waals surface area contributed by atoms with Gasteiger partial charge in [-0.05, 0) is 44.7 Å². The van der Waals surface area contributed by atoms with Crippen molar-refractivity contribution >= 4 is 5.97 Å². The Morgan fingerprint density at radius 2 is 1.90 bits per heavy atom. The lowest BCUT2D eigenvalue weighted by Crippen LogP contribution is -2.51. The summed E-state index contributed by atoms with van der Waals surface area (Å²) in [6.07, 6.45) is 0.158. The van der Waals surface area contributed by atoms with Crippen molar-refractivity contribution in [3.8, 4) is 11.5 Å². The molecule has 0 aliphatic carbocycles. The van der Waals surface area contributed by atoms with E-state index < -0.39 is 11.5 Å². The van der Waals surface area contributed by atoms with Gasteiger partial charge in [0.25, 0.3) is 0 Å². The fourth-order valence-corrected chi connectivity index (χ4v) is 2.13. The van der Waals surface area contributed by atoms with Crippen molar-refractivity contribution in [1.29, 1.82) is 0 Å². The number of carboxylic acid groups (broad SMARTS) is 1. The first-order valence-electron chi connectivity index (χ1n) is 6.70. The third-order valence-electron chi connectivity index (χ3n) is 3.13. The highest BCUT2D eigenvalue weighted by atomic mass is 16.5. The monoisotopic (exact) mass is 281 g/mol. The van der Waals surface area contributed by atoms with Crippen LogP contribution < -0.4 is 14.8 Å². The molecular weight excluding hydrogens is 258 g/mol. The van der Waals surface area contributed by atoms with E-state index >= 15 is 0 Å². The lowest BCUT2D eigenvalue weighted by Gasteiger charge is -2.29. The maximum absolute atomic E-state index is 11.3. The second-order valence-corrected chi connectivity index (χ2v) is 4.98. The number of likely N-dealkylation sites (N-methyl/N-ethyl adjacent to an activating group) is 1. The standard InChI is InChI=1S/C15H23NO4/c1-5-16-15(3,14(17)18)10-11(2)20-13-8-6-12(19-4)7-9-13/h6-9,11,16H,5,10H2,1-4H3,(H,17,18). The van der Waals surface area contributed by atoms with Gasteiger partial charge in [0.15, 0.2) is 0 Å². The SMILES string of the molecule is CCNC(C)(CC(C)Oc1ccc(OC)cc1)C(=O)O. The van der Waals surface area contributed by atoms with Crippen LogP contribution in [0, 0.1) is 0 Å². The number of carboxylic acids is 1. The van der Waals surface area contributed by atoms with Gasteiger partial charge < -0.3 is 19.9 Å². The summed E-state index contributed by atoms with van der Waals surface area (Å²) in [6.45, 7) is 6.02. The molecule has 0 aliphatic heterocycles. The van der Waals surface area contributed by atoms with Gasteiger partial charge in [-0.25, -0.2) is 0 Å². The zero-order valence-corrected chi connectivity index (χ0v) is 12.5. The first kappa shape index (κ1) is 16.3. The molecule has 5 heteroatoms. The van der Waals surface area contributed by atoms with Gasteiger partial charge in [0, 0.05) is 6.42 Å². The number of hydrogen-bond acceptors (Lipinski definition) is 4. The zero-order valence-electron chi connectivity index (χ0n) is 12.5. The quantitative estimate of drug-likeness (QED) is 0.765. The van der Waals surface area contributed by atoms with E-state index in [1.54, 1.807) is 26.2 Å². The first-order chi connectivity index (χ1) is 9.41. The van der Waals surface area contributed by atoms with E-state index in [0.717, 1.165) is 5.75 Å². The molecule has 1 rings (SSSR count). The molecule has 20 heavy (non-hydrogen) atoms. The minimum absolute atomic E-state index is 0.219. The number of nitrogens with one attached hydrogen (secondary N) is 1. The number of ether oxygens (including phenoxy) is 2. The Balaban J connectivity index is 2.65. The molecule has 0 heterocycles. The van der Waals surface area contributed by atoms with Crippen molar-refractivity contribution in [1.82, 2.24) is 5.32 Å². The van der Waals surface area contributed by atoms with Gasteiger partial charge in [-0.15, -0.1) is 0 Å². The van der Waals surface area contributed by atoms with Gasteiger partial charge >= 0.3 is 5.97 Å². The van der Waals surface area contributed by atoms with Crippen LogP contribution in [-0.4, -0.2) is 36.4 Å². The molecule has 0 saturated carbocycles. The van der Waals surface area contributed by atoms with Crippen LogP contribution in [0.25, 0.3) is 0 Å². The molecule has 2 unspecified atom stereocenters. The summed E-state index contributed by atoms with van der Waals surface area (Å²) in [7, 11) is 1.60. The Hall–Kier alpha value is -1.75. The van der Waals surface area contributed by atoms with Gasteiger partial charge in [-0.1, -0.05) is 6.92 Å². The number of aliphatic carboxylic acids is 1. The second kappa shape index (κ2) is 7.14. The van der Waals surface area contributed by atoms with Gasteiger partial charge in [0.2, 0.25) is 0 Å². The van der Waals surface area contributed by atoms with Crippen LogP contribution in [-0.2, 0) is 4.79 Å². The number of rotatable bonds is 8. The highest BCUT2D eigenvalue weighted by Gasteiger charge is 2.34. The van der Waals surface area contributed by atoms with Crippen LogP contribution in [0.2, 0.25) is 0 Å². The fourth-order valence-electron chi connectivity index (χ4n) is 2.13. The molecule has 0 fully saturated rings. The topological polar surface area (TPSA) is 67.8 Å². The molecule has 0 aliphatic rings. The second-order valence-electron chi connectivity index (χ2n) is 4.98. The van der Waals surface area contributed by atoms with Crippen molar-refractivity contribution in [2.24, 2.45) is 0 Å². The number of hydrogen-bond donors (Lipinski definition) is 2. The number of carbonyl (C=O) groups is 1. The molecule has 0 saturated heterocycles. The normalized spacial score (nSPS) is 15.2. The van der Waals surface area contributed by atoms with Crippen molar-refractivity contribution in [2.45, 2.75) is 38.8 Å². The summed E-state index contributed by atoms with van der Waals surface area (Å²) < 4.78 is 10.8. The Morgan fingerprint density at radius 3 is 2.35 bits per heavy atom. The van der Waals surface area contributed by atoms with Gasteiger partial charge in [0.1, 0.15) is 17.0 Å². The van der Waals surface area contributed by atoms with E-state index in [1.165, 1.54) is 0 Å². The fraction of sp³-hybridized carbons (Fsp3) is 0.533. The van der Waals surface area contributed by atoms with Crippen molar-refractivity contribution in [3.63, 3.8) is 0 Å². The predicted molar refractivity (Wildman–Crippen MR) is 77.4 cm³/mol. The first-order valence-corrected chi connectivity index (χ1v) is 6.70. The molecule has 0 aromatic heterocycles. The Morgan fingerprint density at radius 1 is 1.35 bits per heavy atom. The maximum atomic E-state index is 11.3. The summed E-state index contributed by atoms with van der Waals surface area (Å²) in [5.74, 6) is 0.583. The molecule has 0 radical (unpaired) electrons. The minimum Gasteiger partial charge on any atom is -0.497 e. The molecule has 5 nitrogen and oxygen atoms in total. The van der Waals surface area contributed by atoms with Crippen LogP contribution in [0.15, 0.2) is 24.3 Å². The average Bonchev–Trinajstić information content (AvgIpc) is 2.39. The third kappa shape index (κ3) is 4.42. The average molecular weight is 281 g/mol. The molecule has 112 valence electrons. The van der Waals surface area contributed by atoms with Crippen LogP contribution in [0.5, 0.6) is 11.5 Å². The highest BCUT2D eigenvalue weighted by Crippen LogP contribution is 2.21. The van der Waals surface area contributed by atoms with E-state index in [1.807, 2.05) is 26.0 Å². The Labute approximate surface area is 119 Å². The molecule has 1 aromatic carbocycles. The predicted octanol–water partition coefficient (Wildman–Crippen LogP) is 2.31. The molecule has 2 N–H and O–H groups in total. The smallest absolute Gasteiger partial charge is 0.323 e. The molecule has 0 bridgehead atoms. The lowest BCUT2D eigenvalue weighted by molar-refractivity contribution is -0.145. The minimum atomic E-state index is -0.985. The maximum Gasteiger partial charge on any atom is 0.323 e. The zero-order chi connectivity index (χ0) is 15.2. The van der Waals surface area contributed by atoms with Gasteiger partial charge in [-0.3, -0.25) is 4.79 Å². The van der Waals surface area contributed by atoms with E-state index in [9.17, 15) is 9.90 Å². The lowest BCUT2D eigenvalue weighted by atomic mass is 9.95. The van der Waals surface area contributed by atoms with Crippen molar-refractivity contribution in [3.05, 3.63) is 24.3 Å². The van der Waals surface area contributed by atoms with Crippen LogP contribution >= 0.6 is 0 Å². The highest BCUT2D eigenvalue weighted by molar-refractivity contribution is 5.78. The van der Waals surface area contributed by atoms with E-state index in [0.29, 0.717) is 18.7 Å². The number of methoxy groups -OCH3 is 1. The summed E-state index contributed by atoms with van der Waals surface area (Å²) in [5, 5.41) is 12.3. The number of benzene rings is 1. The van der Waals surface area contributed by atoms with E-state index in [4.69, 9.17) is 9.47 Å². The van der Waals surface area contributed by atoms with Crippen LogP contribution in [0.3, 0.4) is 0 Å². The Kier molecular flexibility index (Phi) is 5.82. The van der Waals surface area contributed by atoms with Crippen molar-refractivity contribution in [2.75, 3.05) is 13.7 Å². The molecule has 2 atom stereocenters. The van der Waals surface area contributed by atoms with Crippen LogP contribution in [0.4, 0.5) is 0 Å². The van der Waals surface area contributed by atoms with Crippen molar-refractivity contribution < 1.29 is 19.4 Å². The summed E-state index contributed by atoms with van der Waals surface area (Å²) in [5.41, 5.74) is -0.985. The summed E-state index contributed by atoms with van der Waals surface area (Å²) in [4.78, 5) is 11.3. The van der Waals surface area contributed by atoms with E-state index in [-0.39, 0.29) is 6.10 Å². The summed E-state index contributed by atoms with van der Waals surface area (Å²) in [6, 6.07) is 7.23. The molecule has 0 amide bonds. The van der Waals surface area contributed by atoms with Gasteiger partial charge in [0.05, 0.1) is 13.2 Å². The Bertz CT molecular complexity index is 432. The van der Waals surface area contributed by atoms with Gasteiger partial charge in [-0.2, -0.15) is 0 Å². The molecule has 1 aromatic rings. The third-order valence-corrected chi connectivity index (χ3v) is 3.13. The summed E-state index contributed by atoms with van der Waals surface area (Å²) >= 11 is 0. The van der Waals surface area contributed by atoms with E-state index in [2.05, 4.69) is 5.32 Å². The molecular formula is C15H23NO4. The largest absolute Gasteiger partial charge is 0.497 e.